The summed E-state index contributed by atoms with van der Waals surface area (Å²) in [7, 11) is 0. The van der Waals surface area contributed by atoms with Crippen LogP contribution in [0.3, 0.4) is 0 Å². The fraction of sp³-hybridized carbons (Fsp3) is 1.00. The Morgan fingerprint density at radius 2 is 2.18 bits per heavy atom. The van der Waals surface area contributed by atoms with Gasteiger partial charge in [0.2, 0.25) is 0 Å². The van der Waals surface area contributed by atoms with Gasteiger partial charge in [-0.3, -0.25) is 0 Å². The molecular weight excluding hydrogens is 214 g/mol. The highest BCUT2D eigenvalue weighted by Crippen LogP contribution is 2.37. The van der Waals surface area contributed by atoms with Crippen molar-refractivity contribution < 1.29 is 9.84 Å². The number of hydrogen-bond acceptors (Lipinski definition) is 3. The highest BCUT2D eigenvalue weighted by Gasteiger charge is 2.41. The van der Waals surface area contributed by atoms with Crippen LogP contribution in [0, 0.1) is 5.92 Å². The maximum absolute atomic E-state index is 9.66. The summed E-state index contributed by atoms with van der Waals surface area (Å²) in [5, 5.41) is 13.2. The lowest BCUT2D eigenvalue weighted by molar-refractivity contribution is 0.0787. The van der Waals surface area contributed by atoms with Crippen molar-refractivity contribution in [1.82, 2.24) is 5.32 Å². The van der Waals surface area contributed by atoms with E-state index in [1.807, 2.05) is 0 Å². The van der Waals surface area contributed by atoms with Gasteiger partial charge in [0.1, 0.15) is 0 Å². The second-order valence-corrected chi connectivity index (χ2v) is 5.19. The lowest BCUT2D eigenvalue weighted by atomic mass is 9.85. The molecule has 0 aromatic rings. The van der Waals surface area contributed by atoms with E-state index in [1.165, 1.54) is 19.3 Å². The Labute approximate surface area is 106 Å². The Hall–Kier alpha value is -0.120. The zero-order valence-electron chi connectivity index (χ0n) is 11.5. The Bertz CT molecular complexity index is 199. The minimum atomic E-state index is -0.0249. The molecule has 0 bridgehead atoms. The van der Waals surface area contributed by atoms with Crippen molar-refractivity contribution in [2.45, 2.75) is 57.9 Å². The third-order valence-electron chi connectivity index (χ3n) is 4.02. The van der Waals surface area contributed by atoms with Gasteiger partial charge in [-0.25, -0.2) is 0 Å². The molecule has 0 aromatic carbocycles. The van der Waals surface area contributed by atoms with Crippen LogP contribution in [-0.2, 0) is 4.74 Å². The van der Waals surface area contributed by atoms with Crippen LogP contribution >= 0.6 is 0 Å². The number of rotatable bonds is 9. The molecule has 17 heavy (non-hydrogen) atoms. The molecule has 0 heterocycles. The van der Waals surface area contributed by atoms with Gasteiger partial charge in [0.05, 0.1) is 6.61 Å². The first-order valence-corrected chi connectivity index (χ1v) is 7.22. The Balaban J connectivity index is 2.30. The fourth-order valence-corrected chi connectivity index (χ4v) is 2.99. The van der Waals surface area contributed by atoms with Gasteiger partial charge in [0.25, 0.3) is 0 Å². The van der Waals surface area contributed by atoms with E-state index < -0.39 is 0 Å². The van der Waals surface area contributed by atoms with E-state index in [4.69, 9.17) is 4.74 Å². The predicted molar refractivity (Wildman–Crippen MR) is 71.2 cm³/mol. The summed E-state index contributed by atoms with van der Waals surface area (Å²) in [4.78, 5) is 0. The third kappa shape index (κ3) is 4.23. The number of unbranched alkanes of at least 4 members (excludes halogenated alkanes) is 1. The standard InChI is InChI=1S/C14H29NO2/c1-3-5-10-17-11-8-13-7-6-9-14(13,12-16)15-4-2/h13,15-16H,3-12H2,1-2H3. The van der Waals surface area contributed by atoms with Crippen molar-refractivity contribution >= 4 is 0 Å². The Morgan fingerprint density at radius 1 is 1.35 bits per heavy atom. The molecule has 2 unspecified atom stereocenters. The highest BCUT2D eigenvalue weighted by molar-refractivity contribution is 4.98. The van der Waals surface area contributed by atoms with Crippen LogP contribution in [0.4, 0.5) is 0 Å². The minimum Gasteiger partial charge on any atom is -0.394 e. The largest absolute Gasteiger partial charge is 0.394 e. The first-order chi connectivity index (χ1) is 8.29. The van der Waals surface area contributed by atoms with E-state index in [0.717, 1.165) is 39.0 Å². The van der Waals surface area contributed by atoms with Crippen LogP contribution in [0.2, 0.25) is 0 Å². The number of nitrogens with one attached hydrogen (secondary N) is 1. The van der Waals surface area contributed by atoms with Crippen LogP contribution in [0.1, 0.15) is 52.4 Å². The van der Waals surface area contributed by atoms with Crippen LogP contribution < -0.4 is 5.32 Å². The van der Waals surface area contributed by atoms with Crippen LogP contribution in [-0.4, -0.2) is 37.0 Å². The summed E-state index contributed by atoms with van der Waals surface area (Å²) >= 11 is 0. The number of aliphatic hydroxyl groups is 1. The van der Waals surface area contributed by atoms with Gasteiger partial charge in [-0.1, -0.05) is 26.7 Å². The summed E-state index contributed by atoms with van der Waals surface area (Å²) in [5.74, 6) is 0.578. The average molecular weight is 243 g/mol. The number of aliphatic hydroxyl groups excluding tert-OH is 1. The topological polar surface area (TPSA) is 41.5 Å². The van der Waals surface area contributed by atoms with Gasteiger partial charge in [0, 0.05) is 18.8 Å². The van der Waals surface area contributed by atoms with Crippen LogP contribution in [0.5, 0.6) is 0 Å². The van der Waals surface area contributed by atoms with E-state index in [-0.39, 0.29) is 12.1 Å². The van der Waals surface area contributed by atoms with Crippen molar-refractivity contribution in [3.63, 3.8) is 0 Å². The summed E-state index contributed by atoms with van der Waals surface area (Å²) < 4.78 is 5.64. The first kappa shape index (κ1) is 14.9. The summed E-state index contributed by atoms with van der Waals surface area (Å²) in [6, 6.07) is 0. The molecule has 0 saturated heterocycles. The summed E-state index contributed by atoms with van der Waals surface area (Å²) in [5.41, 5.74) is -0.0249. The lowest BCUT2D eigenvalue weighted by Crippen LogP contribution is -2.51. The van der Waals surface area contributed by atoms with Crippen LogP contribution in [0.15, 0.2) is 0 Å². The molecule has 1 aliphatic carbocycles. The van der Waals surface area contributed by atoms with Crippen molar-refractivity contribution in [1.29, 1.82) is 0 Å². The molecule has 3 heteroatoms. The molecule has 0 aliphatic heterocycles. The quantitative estimate of drug-likeness (QED) is 0.611. The molecule has 0 spiro atoms. The SMILES string of the molecule is CCCCOCCC1CCCC1(CO)NCC. The predicted octanol–water partition coefficient (Wildman–Crippen LogP) is 2.33. The van der Waals surface area contributed by atoms with Gasteiger partial charge < -0.3 is 15.2 Å². The van der Waals surface area contributed by atoms with E-state index in [9.17, 15) is 5.11 Å². The number of ether oxygens (including phenoxy) is 1. The molecule has 1 fully saturated rings. The lowest BCUT2D eigenvalue weighted by Gasteiger charge is -2.34. The maximum Gasteiger partial charge on any atom is 0.0616 e. The molecule has 0 radical (unpaired) electrons. The van der Waals surface area contributed by atoms with E-state index in [0.29, 0.717) is 5.92 Å². The molecule has 0 aromatic heterocycles. The van der Waals surface area contributed by atoms with Crippen molar-refractivity contribution in [3.8, 4) is 0 Å². The molecule has 3 nitrogen and oxygen atoms in total. The zero-order valence-corrected chi connectivity index (χ0v) is 11.5. The van der Waals surface area contributed by atoms with Gasteiger partial charge in [-0.05, 0) is 38.1 Å². The van der Waals surface area contributed by atoms with Crippen molar-refractivity contribution in [2.75, 3.05) is 26.4 Å². The molecule has 102 valence electrons. The van der Waals surface area contributed by atoms with Crippen LogP contribution in [0.25, 0.3) is 0 Å². The minimum absolute atomic E-state index is 0.0249. The smallest absolute Gasteiger partial charge is 0.0616 e. The summed E-state index contributed by atoms with van der Waals surface area (Å²) in [6.07, 6.45) is 7.00. The monoisotopic (exact) mass is 243 g/mol. The number of hydrogen-bond donors (Lipinski definition) is 2. The Morgan fingerprint density at radius 3 is 2.82 bits per heavy atom. The third-order valence-corrected chi connectivity index (χ3v) is 4.02. The summed E-state index contributed by atoms with van der Waals surface area (Å²) in [6.45, 7) is 7.23. The zero-order chi connectivity index (χ0) is 12.6. The van der Waals surface area contributed by atoms with Gasteiger partial charge in [0.15, 0.2) is 0 Å². The van der Waals surface area contributed by atoms with Gasteiger partial charge >= 0.3 is 0 Å². The second kappa shape index (κ2) is 8.06. The van der Waals surface area contributed by atoms with Crippen molar-refractivity contribution in [3.05, 3.63) is 0 Å². The van der Waals surface area contributed by atoms with Crippen molar-refractivity contribution in [2.24, 2.45) is 5.92 Å². The second-order valence-electron chi connectivity index (χ2n) is 5.19. The molecule has 0 amide bonds. The molecule has 1 rings (SSSR count). The Kier molecular flexibility index (Phi) is 7.09. The maximum atomic E-state index is 9.66. The normalized spacial score (nSPS) is 28.8. The molecule has 1 saturated carbocycles. The first-order valence-electron chi connectivity index (χ1n) is 7.22. The molecule has 2 atom stereocenters. The van der Waals surface area contributed by atoms with E-state index in [2.05, 4.69) is 19.2 Å². The molecule has 1 aliphatic rings. The molecular formula is C14H29NO2. The average Bonchev–Trinajstić information content (AvgIpc) is 2.73. The highest BCUT2D eigenvalue weighted by atomic mass is 16.5. The van der Waals surface area contributed by atoms with E-state index >= 15 is 0 Å². The van der Waals surface area contributed by atoms with E-state index in [1.54, 1.807) is 0 Å². The number of likely N-dealkylation sites (N-methyl/N-ethyl adjacent to an activating group) is 1. The fourth-order valence-electron chi connectivity index (χ4n) is 2.99. The molecule has 2 N–H and O–H groups in total. The van der Waals surface area contributed by atoms with Gasteiger partial charge in [-0.2, -0.15) is 0 Å². The van der Waals surface area contributed by atoms with Gasteiger partial charge in [-0.15, -0.1) is 0 Å².